The molecule has 10 heteroatoms. The van der Waals surface area contributed by atoms with Gasteiger partial charge in [-0.3, -0.25) is 4.79 Å². The molecule has 2 aromatic rings. The number of benzene rings is 1. The van der Waals surface area contributed by atoms with Crippen molar-refractivity contribution in [2.75, 3.05) is 49.5 Å². The van der Waals surface area contributed by atoms with Crippen LogP contribution in [0, 0.1) is 5.92 Å². The monoisotopic (exact) mass is 461 g/mol. The highest BCUT2D eigenvalue weighted by molar-refractivity contribution is 5.89. The van der Waals surface area contributed by atoms with Gasteiger partial charge in [-0.2, -0.15) is 13.2 Å². The van der Waals surface area contributed by atoms with Gasteiger partial charge in [-0.1, -0.05) is 18.2 Å². The number of carbonyl (C=O) groups is 2. The van der Waals surface area contributed by atoms with E-state index in [1.165, 1.54) is 6.07 Å². The third kappa shape index (κ3) is 5.55. The Morgan fingerprint density at radius 1 is 0.879 bits per heavy atom. The Labute approximate surface area is 190 Å². The first-order chi connectivity index (χ1) is 15.8. The molecule has 2 fully saturated rings. The number of hydrogen-bond acceptors (Lipinski definition) is 4. The molecule has 4 rings (SSSR count). The van der Waals surface area contributed by atoms with Crippen molar-refractivity contribution in [1.82, 2.24) is 14.8 Å². The number of alkyl halides is 3. The number of nitrogens with zero attached hydrogens (tertiary/aromatic N) is 4. The molecule has 2 aliphatic rings. The molecule has 0 bridgehead atoms. The van der Waals surface area contributed by atoms with Crippen LogP contribution in [0.2, 0.25) is 0 Å². The van der Waals surface area contributed by atoms with Gasteiger partial charge in [-0.25, -0.2) is 9.78 Å². The molecule has 176 valence electrons. The molecule has 0 aliphatic carbocycles. The smallest absolute Gasteiger partial charge is 0.353 e. The van der Waals surface area contributed by atoms with Crippen molar-refractivity contribution in [3.8, 4) is 0 Å². The molecule has 3 amide bonds. The van der Waals surface area contributed by atoms with E-state index in [1.807, 2.05) is 40.1 Å². The number of piperidine rings is 1. The summed E-state index contributed by atoms with van der Waals surface area (Å²) >= 11 is 0. The molecule has 33 heavy (non-hydrogen) atoms. The lowest BCUT2D eigenvalue weighted by Crippen LogP contribution is -2.52. The van der Waals surface area contributed by atoms with E-state index in [4.69, 9.17) is 0 Å². The molecule has 0 spiro atoms. The summed E-state index contributed by atoms with van der Waals surface area (Å²) in [5, 5.41) is 2.87. The fourth-order valence-corrected chi connectivity index (χ4v) is 4.21. The highest BCUT2D eigenvalue weighted by atomic mass is 19.4. The summed E-state index contributed by atoms with van der Waals surface area (Å²) in [7, 11) is 0. The Hall–Kier alpha value is -3.30. The molecule has 1 aromatic heterocycles. The van der Waals surface area contributed by atoms with Crippen LogP contribution in [0.3, 0.4) is 0 Å². The standard InChI is InChI=1S/C23H26F3N5O2/c24-23(25,26)18-6-7-20(27-16-18)29-12-14-30(15-13-29)21(32)17-8-10-31(11-9-17)22(33)28-19-4-2-1-3-5-19/h1-7,16-17H,8-15H2,(H,28,33). The minimum atomic E-state index is -4.41. The van der Waals surface area contributed by atoms with E-state index in [0.29, 0.717) is 57.9 Å². The van der Waals surface area contributed by atoms with E-state index in [1.54, 1.807) is 4.90 Å². The normalized spacial score (nSPS) is 17.7. The van der Waals surface area contributed by atoms with Gasteiger partial charge < -0.3 is 20.0 Å². The third-order valence-corrected chi connectivity index (χ3v) is 6.15. The van der Waals surface area contributed by atoms with Gasteiger partial charge in [0.15, 0.2) is 0 Å². The molecule has 2 saturated heterocycles. The van der Waals surface area contributed by atoms with Gasteiger partial charge >= 0.3 is 12.2 Å². The second-order valence-electron chi connectivity index (χ2n) is 8.27. The summed E-state index contributed by atoms with van der Waals surface area (Å²) in [5.74, 6) is 0.438. The quantitative estimate of drug-likeness (QED) is 0.757. The van der Waals surface area contributed by atoms with Gasteiger partial charge in [0.05, 0.1) is 5.56 Å². The Morgan fingerprint density at radius 3 is 2.12 bits per heavy atom. The molecule has 0 atom stereocenters. The van der Waals surface area contributed by atoms with Crippen LogP contribution in [0.5, 0.6) is 0 Å². The van der Waals surface area contributed by atoms with Crippen LogP contribution in [-0.2, 0) is 11.0 Å². The topological polar surface area (TPSA) is 68.8 Å². The van der Waals surface area contributed by atoms with Crippen molar-refractivity contribution in [3.05, 3.63) is 54.2 Å². The number of urea groups is 1. The van der Waals surface area contributed by atoms with Crippen LogP contribution in [0.4, 0.5) is 29.5 Å². The molecule has 1 aromatic carbocycles. The average molecular weight is 461 g/mol. The zero-order valence-electron chi connectivity index (χ0n) is 18.1. The number of rotatable bonds is 3. The van der Waals surface area contributed by atoms with E-state index in [9.17, 15) is 22.8 Å². The first-order valence-electron chi connectivity index (χ1n) is 11.0. The van der Waals surface area contributed by atoms with Crippen LogP contribution >= 0.6 is 0 Å². The Balaban J connectivity index is 1.24. The van der Waals surface area contributed by atoms with E-state index in [2.05, 4.69) is 10.3 Å². The highest BCUT2D eigenvalue weighted by Crippen LogP contribution is 2.29. The average Bonchev–Trinajstić information content (AvgIpc) is 2.84. The van der Waals surface area contributed by atoms with Crippen molar-refractivity contribution >= 4 is 23.4 Å². The lowest BCUT2D eigenvalue weighted by atomic mass is 9.95. The maximum Gasteiger partial charge on any atom is 0.417 e. The number of anilines is 2. The predicted octanol–water partition coefficient (Wildman–Crippen LogP) is 3.69. The second-order valence-corrected chi connectivity index (χ2v) is 8.27. The summed E-state index contributed by atoms with van der Waals surface area (Å²) in [4.78, 5) is 34.8. The number of likely N-dealkylation sites (tertiary alicyclic amines) is 1. The molecule has 0 radical (unpaired) electrons. The number of halogens is 3. The van der Waals surface area contributed by atoms with E-state index in [0.717, 1.165) is 18.0 Å². The number of piperazine rings is 1. The molecule has 3 heterocycles. The number of amides is 3. The maximum absolute atomic E-state index is 13.0. The lowest BCUT2D eigenvalue weighted by molar-refractivity contribution is -0.138. The van der Waals surface area contributed by atoms with Crippen LogP contribution in [-0.4, -0.2) is 66.0 Å². The number of pyridine rings is 1. The minimum absolute atomic E-state index is 0.0816. The SMILES string of the molecule is O=C(Nc1ccccc1)N1CCC(C(=O)N2CCN(c3ccc(C(F)(F)F)cn3)CC2)CC1. The summed E-state index contributed by atoms with van der Waals surface area (Å²) in [5.41, 5.74) is -0.0371. The second kappa shape index (κ2) is 9.68. The van der Waals surface area contributed by atoms with Crippen LogP contribution < -0.4 is 10.2 Å². The minimum Gasteiger partial charge on any atom is -0.353 e. The maximum atomic E-state index is 13.0. The van der Waals surface area contributed by atoms with Gasteiger partial charge in [0.25, 0.3) is 0 Å². The third-order valence-electron chi connectivity index (χ3n) is 6.15. The van der Waals surface area contributed by atoms with Gasteiger partial charge in [0.2, 0.25) is 5.91 Å². The van der Waals surface area contributed by atoms with Gasteiger partial charge in [-0.05, 0) is 37.1 Å². The largest absolute Gasteiger partial charge is 0.417 e. The molecule has 7 nitrogen and oxygen atoms in total. The van der Waals surface area contributed by atoms with Crippen molar-refractivity contribution < 1.29 is 22.8 Å². The zero-order valence-corrected chi connectivity index (χ0v) is 18.1. The van der Waals surface area contributed by atoms with E-state index >= 15 is 0 Å². The molecule has 2 aliphatic heterocycles. The number of aromatic nitrogens is 1. The number of nitrogens with one attached hydrogen (secondary N) is 1. The van der Waals surface area contributed by atoms with Crippen molar-refractivity contribution in [2.24, 2.45) is 5.92 Å². The van der Waals surface area contributed by atoms with Crippen LogP contribution in [0.15, 0.2) is 48.7 Å². The van der Waals surface area contributed by atoms with E-state index < -0.39 is 11.7 Å². The highest BCUT2D eigenvalue weighted by Gasteiger charge is 2.33. The fourth-order valence-electron chi connectivity index (χ4n) is 4.21. The summed E-state index contributed by atoms with van der Waals surface area (Å²) in [6, 6.07) is 11.5. The van der Waals surface area contributed by atoms with Gasteiger partial charge in [0, 0.05) is 57.1 Å². The lowest BCUT2D eigenvalue weighted by Gasteiger charge is -2.39. The summed E-state index contributed by atoms with van der Waals surface area (Å²) in [6.07, 6.45) is -2.34. The molecule has 1 N–H and O–H groups in total. The molecular formula is C23H26F3N5O2. The van der Waals surface area contributed by atoms with Crippen LogP contribution in [0.25, 0.3) is 0 Å². The Morgan fingerprint density at radius 2 is 1.55 bits per heavy atom. The van der Waals surface area contributed by atoms with Crippen LogP contribution in [0.1, 0.15) is 18.4 Å². The molecule has 0 unspecified atom stereocenters. The van der Waals surface area contributed by atoms with Crippen molar-refractivity contribution in [1.29, 1.82) is 0 Å². The Kier molecular flexibility index (Phi) is 6.71. The van der Waals surface area contributed by atoms with E-state index in [-0.39, 0.29) is 17.9 Å². The predicted molar refractivity (Wildman–Crippen MR) is 118 cm³/mol. The van der Waals surface area contributed by atoms with Gasteiger partial charge in [0.1, 0.15) is 5.82 Å². The molecule has 0 saturated carbocycles. The zero-order chi connectivity index (χ0) is 23.4. The summed E-state index contributed by atoms with van der Waals surface area (Å²) < 4.78 is 38.2. The first kappa shape index (κ1) is 22.9. The van der Waals surface area contributed by atoms with Gasteiger partial charge in [-0.15, -0.1) is 0 Å². The molecular weight excluding hydrogens is 435 g/mol. The van der Waals surface area contributed by atoms with Crippen molar-refractivity contribution in [2.45, 2.75) is 19.0 Å². The number of hydrogen-bond donors (Lipinski definition) is 1. The fraction of sp³-hybridized carbons (Fsp3) is 0.435. The number of para-hydroxylation sites is 1. The number of carbonyl (C=O) groups excluding carboxylic acids is 2. The van der Waals surface area contributed by atoms with Crippen molar-refractivity contribution in [3.63, 3.8) is 0 Å². The first-order valence-corrected chi connectivity index (χ1v) is 11.0. The summed E-state index contributed by atoms with van der Waals surface area (Å²) in [6.45, 7) is 3.06. The Bertz CT molecular complexity index is 952.